The van der Waals surface area contributed by atoms with Crippen LogP contribution in [0, 0.1) is 0 Å². The van der Waals surface area contributed by atoms with Gasteiger partial charge in [-0.25, -0.2) is 4.98 Å². The van der Waals surface area contributed by atoms with Crippen molar-refractivity contribution in [2.24, 2.45) is 0 Å². The number of rotatable bonds is 3. The zero-order valence-corrected chi connectivity index (χ0v) is 10.3. The molecule has 0 aliphatic carbocycles. The van der Waals surface area contributed by atoms with Gasteiger partial charge in [-0.1, -0.05) is 5.16 Å². The van der Waals surface area contributed by atoms with Gasteiger partial charge < -0.3 is 9.84 Å². The molecule has 3 heterocycles. The van der Waals surface area contributed by atoms with Crippen LogP contribution >= 0.6 is 11.3 Å². The number of hydrogen-bond donors (Lipinski definition) is 1. The van der Waals surface area contributed by atoms with Gasteiger partial charge in [-0.15, -0.1) is 11.3 Å². The standard InChI is InChI=1S/C11H7N5O2S/c17-10(15-9-1-4-18-16-9)8-6-19-11(14-8)7-5-12-2-3-13-7/h1-6H,(H,15,16,17). The Morgan fingerprint density at radius 3 is 3.05 bits per heavy atom. The highest BCUT2D eigenvalue weighted by Crippen LogP contribution is 2.21. The Hall–Kier alpha value is -2.61. The Bertz CT molecular complexity index is 680. The Kier molecular flexibility index (Phi) is 2.99. The molecule has 7 nitrogen and oxygen atoms in total. The fourth-order valence-electron chi connectivity index (χ4n) is 1.36. The summed E-state index contributed by atoms with van der Waals surface area (Å²) >= 11 is 1.33. The van der Waals surface area contributed by atoms with E-state index in [-0.39, 0.29) is 5.91 Å². The van der Waals surface area contributed by atoms with Crippen molar-refractivity contribution in [3.8, 4) is 10.7 Å². The first-order valence-corrected chi connectivity index (χ1v) is 6.14. The molecule has 19 heavy (non-hydrogen) atoms. The molecule has 0 saturated heterocycles. The van der Waals surface area contributed by atoms with Crippen molar-refractivity contribution >= 4 is 23.1 Å². The second-order valence-corrected chi connectivity index (χ2v) is 4.33. The number of nitrogens with one attached hydrogen (secondary N) is 1. The monoisotopic (exact) mass is 273 g/mol. The van der Waals surface area contributed by atoms with Crippen molar-refractivity contribution in [3.63, 3.8) is 0 Å². The molecule has 0 spiro atoms. The summed E-state index contributed by atoms with van der Waals surface area (Å²) < 4.78 is 4.62. The fourth-order valence-corrected chi connectivity index (χ4v) is 2.12. The van der Waals surface area contributed by atoms with Crippen molar-refractivity contribution in [1.29, 1.82) is 0 Å². The minimum atomic E-state index is -0.347. The molecule has 94 valence electrons. The molecule has 0 fully saturated rings. The first-order valence-electron chi connectivity index (χ1n) is 5.26. The minimum Gasteiger partial charge on any atom is -0.363 e. The highest BCUT2D eigenvalue weighted by atomic mass is 32.1. The molecule has 1 amide bonds. The Balaban J connectivity index is 1.80. The first-order chi connectivity index (χ1) is 9.33. The second kappa shape index (κ2) is 4.94. The fraction of sp³-hybridized carbons (Fsp3) is 0. The van der Waals surface area contributed by atoms with E-state index in [0.717, 1.165) is 0 Å². The molecular formula is C11H7N5O2S. The Morgan fingerprint density at radius 2 is 2.32 bits per heavy atom. The summed E-state index contributed by atoms with van der Waals surface area (Å²) in [6.07, 6.45) is 6.13. The molecule has 0 aliphatic heterocycles. The SMILES string of the molecule is O=C(Nc1ccon1)c1csc(-c2cnccn2)n1. The van der Waals surface area contributed by atoms with Gasteiger partial charge in [0.25, 0.3) is 5.91 Å². The average molecular weight is 273 g/mol. The zero-order valence-electron chi connectivity index (χ0n) is 9.48. The van der Waals surface area contributed by atoms with Gasteiger partial charge in [-0.2, -0.15) is 0 Å². The molecule has 0 atom stereocenters. The zero-order chi connectivity index (χ0) is 13.1. The molecule has 3 aromatic heterocycles. The number of aromatic nitrogens is 4. The predicted molar refractivity (Wildman–Crippen MR) is 67.6 cm³/mol. The van der Waals surface area contributed by atoms with E-state index < -0.39 is 0 Å². The molecule has 0 aromatic carbocycles. The molecule has 0 bridgehead atoms. The van der Waals surface area contributed by atoms with Crippen molar-refractivity contribution in [3.05, 3.63) is 42.0 Å². The van der Waals surface area contributed by atoms with E-state index in [1.807, 2.05) is 0 Å². The van der Waals surface area contributed by atoms with Crippen molar-refractivity contribution in [2.45, 2.75) is 0 Å². The third-order valence-electron chi connectivity index (χ3n) is 2.20. The highest BCUT2D eigenvalue weighted by Gasteiger charge is 2.13. The van der Waals surface area contributed by atoms with Crippen LogP contribution in [0.4, 0.5) is 5.82 Å². The molecule has 0 radical (unpaired) electrons. The summed E-state index contributed by atoms with van der Waals surface area (Å²) in [4.78, 5) is 24.2. The molecule has 0 aliphatic rings. The van der Waals surface area contributed by atoms with Crippen LogP contribution in [-0.2, 0) is 0 Å². The highest BCUT2D eigenvalue weighted by molar-refractivity contribution is 7.13. The lowest BCUT2D eigenvalue weighted by Gasteiger charge is -1.96. The van der Waals surface area contributed by atoms with Crippen LogP contribution in [0.5, 0.6) is 0 Å². The van der Waals surface area contributed by atoms with Gasteiger partial charge in [-0.3, -0.25) is 14.8 Å². The lowest BCUT2D eigenvalue weighted by atomic mass is 10.4. The van der Waals surface area contributed by atoms with E-state index in [1.54, 1.807) is 30.0 Å². The van der Waals surface area contributed by atoms with Crippen molar-refractivity contribution in [1.82, 2.24) is 20.1 Å². The molecule has 8 heteroatoms. The maximum atomic E-state index is 11.9. The van der Waals surface area contributed by atoms with Crippen LogP contribution in [-0.4, -0.2) is 26.0 Å². The number of carbonyl (C=O) groups excluding carboxylic acids is 1. The summed E-state index contributed by atoms with van der Waals surface area (Å²) in [5.41, 5.74) is 0.932. The van der Waals surface area contributed by atoms with Crippen LogP contribution in [0.15, 0.2) is 40.8 Å². The maximum Gasteiger partial charge on any atom is 0.276 e. The third kappa shape index (κ3) is 2.47. The van der Waals surface area contributed by atoms with E-state index in [1.165, 1.54) is 17.6 Å². The lowest BCUT2D eigenvalue weighted by Crippen LogP contribution is -2.12. The number of amides is 1. The van der Waals surface area contributed by atoms with Gasteiger partial charge in [-0.05, 0) is 0 Å². The number of anilines is 1. The number of hydrogen-bond acceptors (Lipinski definition) is 7. The van der Waals surface area contributed by atoms with Gasteiger partial charge in [0, 0.05) is 23.8 Å². The molecule has 0 unspecified atom stereocenters. The molecule has 0 saturated carbocycles. The molecule has 1 N–H and O–H groups in total. The van der Waals surface area contributed by atoms with Crippen molar-refractivity contribution < 1.29 is 9.32 Å². The predicted octanol–water partition coefficient (Wildman–Crippen LogP) is 1.84. The lowest BCUT2D eigenvalue weighted by molar-refractivity contribution is 0.102. The summed E-state index contributed by atoms with van der Waals surface area (Å²) in [5, 5.41) is 8.45. The third-order valence-corrected chi connectivity index (χ3v) is 3.06. The molecule has 3 rings (SSSR count). The maximum absolute atomic E-state index is 11.9. The van der Waals surface area contributed by atoms with Gasteiger partial charge >= 0.3 is 0 Å². The minimum absolute atomic E-state index is 0.300. The summed E-state index contributed by atoms with van der Waals surface area (Å²) in [6, 6.07) is 1.55. The topological polar surface area (TPSA) is 93.8 Å². The summed E-state index contributed by atoms with van der Waals surface area (Å²) in [7, 11) is 0. The quantitative estimate of drug-likeness (QED) is 0.782. The molecular weight excluding hydrogens is 266 g/mol. The molecule has 3 aromatic rings. The van der Waals surface area contributed by atoms with Crippen LogP contribution in [0.1, 0.15) is 10.5 Å². The Labute approximate surface area is 111 Å². The van der Waals surface area contributed by atoms with Gasteiger partial charge in [0.05, 0.1) is 6.20 Å². The van der Waals surface area contributed by atoms with Crippen molar-refractivity contribution in [2.75, 3.05) is 5.32 Å². The summed E-state index contributed by atoms with van der Waals surface area (Å²) in [5.74, 6) is -0.000608. The van der Waals surface area contributed by atoms with E-state index in [0.29, 0.717) is 22.2 Å². The number of nitrogens with zero attached hydrogens (tertiary/aromatic N) is 4. The second-order valence-electron chi connectivity index (χ2n) is 3.47. The van der Waals surface area contributed by atoms with Gasteiger partial charge in [0.15, 0.2) is 5.82 Å². The average Bonchev–Trinajstić information content (AvgIpc) is 3.10. The first kappa shape index (κ1) is 11.5. The Morgan fingerprint density at radius 1 is 1.37 bits per heavy atom. The van der Waals surface area contributed by atoms with Crippen LogP contribution in [0.2, 0.25) is 0 Å². The van der Waals surface area contributed by atoms with E-state index in [9.17, 15) is 4.79 Å². The normalized spacial score (nSPS) is 10.3. The van der Waals surface area contributed by atoms with Crippen LogP contribution < -0.4 is 5.32 Å². The van der Waals surface area contributed by atoms with Crippen LogP contribution in [0.3, 0.4) is 0 Å². The smallest absolute Gasteiger partial charge is 0.276 e. The summed E-state index contributed by atoms with van der Waals surface area (Å²) in [6.45, 7) is 0. The number of thiazole rings is 1. The van der Waals surface area contributed by atoms with E-state index in [4.69, 9.17) is 0 Å². The largest absolute Gasteiger partial charge is 0.363 e. The van der Waals surface area contributed by atoms with E-state index >= 15 is 0 Å². The number of carbonyl (C=O) groups is 1. The van der Waals surface area contributed by atoms with E-state index in [2.05, 4.69) is 29.9 Å². The van der Waals surface area contributed by atoms with Crippen LogP contribution in [0.25, 0.3) is 10.7 Å². The van der Waals surface area contributed by atoms with Gasteiger partial charge in [0.1, 0.15) is 22.7 Å². The van der Waals surface area contributed by atoms with Gasteiger partial charge in [0.2, 0.25) is 0 Å².